The third-order valence-corrected chi connectivity index (χ3v) is 6.05. The number of benzene rings is 2. The first-order valence-electron chi connectivity index (χ1n) is 9.67. The molecule has 7 heteroatoms. The van der Waals surface area contributed by atoms with Crippen molar-refractivity contribution in [3.05, 3.63) is 59.1 Å². The van der Waals surface area contributed by atoms with Crippen molar-refractivity contribution in [1.29, 1.82) is 0 Å². The lowest BCUT2D eigenvalue weighted by atomic mass is 10.2. The minimum atomic E-state index is -0.257. The molecular weight excluding hydrogens is 406 g/mol. The standard InChI is InChI=1S/C22H26ClN3O2S/c1-4-25(15-17-8-6-5-7-9-17)21(27)16(2)29-22-24-19-14-18(23)10-11-20(19)26(22)12-13-28-3/h5-11,14,16H,4,12-13,15H2,1-3H3. The van der Waals surface area contributed by atoms with E-state index in [1.54, 1.807) is 7.11 Å². The van der Waals surface area contributed by atoms with Crippen LogP contribution in [0, 0.1) is 0 Å². The van der Waals surface area contributed by atoms with Crippen LogP contribution in [-0.2, 0) is 22.6 Å². The van der Waals surface area contributed by atoms with Gasteiger partial charge in [-0.2, -0.15) is 0 Å². The predicted molar refractivity (Wildman–Crippen MR) is 119 cm³/mol. The van der Waals surface area contributed by atoms with Crippen molar-refractivity contribution in [2.75, 3.05) is 20.3 Å². The molecule has 1 atom stereocenters. The Bertz CT molecular complexity index is 961. The van der Waals surface area contributed by atoms with Gasteiger partial charge in [-0.3, -0.25) is 4.79 Å². The predicted octanol–water partition coefficient (Wildman–Crippen LogP) is 4.87. The number of halogens is 1. The van der Waals surface area contributed by atoms with E-state index in [1.165, 1.54) is 11.8 Å². The number of methoxy groups -OCH3 is 1. The second-order valence-electron chi connectivity index (χ2n) is 6.77. The van der Waals surface area contributed by atoms with Crippen LogP contribution >= 0.6 is 23.4 Å². The number of aromatic nitrogens is 2. The number of rotatable bonds is 9. The zero-order valence-corrected chi connectivity index (χ0v) is 18.5. The van der Waals surface area contributed by atoms with Crippen molar-refractivity contribution in [3.8, 4) is 0 Å². The molecular formula is C22H26ClN3O2S. The highest BCUT2D eigenvalue weighted by atomic mass is 35.5. The van der Waals surface area contributed by atoms with Crippen LogP contribution < -0.4 is 0 Å². The van der Waals surface area contributed by atoms with Crippen LogP contribution in [0.3, 0.4) is 0 Å². The first kappa shape index (κ1) is 21.7. The van der Waals surface area contributed by atoms with Crippen LogP contribution in [0.15, 0.2) is 53.7 Å². The summed E-state index contributed by atoms with van der Waals surface area (Å²) >= 11 is 7.61. The van der Waals surface area contributed by atoms with Gasteiger partial charge in [0.15, 0.2) is 5.16 Å². The summed E-state index contributed by atoms with van der Waals surface area (Å²) < 4.78 is 7.35. The lowest BCUT2D eigenvalue weighted by molar-refractivity contribution is -0.130. The molecule has 0 radical (unpaired) electrons. The number of ether oxygens (including phenoxy) is 1. The molecule has 0 fully saturated rings. The Hall–Kier alpha value is -2.02. The number of thioether (sulfide) groups is 1. The lowest BCUT2D eigenvalue weighted by Crippen LogP contribution is -2.36. The molecule has 0 saturated carbocycles. The SMILES string of the molecule is CCN(Cc1ccccc1)C(=O)C(C)Sc1nc2cc(Cl)ccc2n1CCOC. The van der Waals surface area contributed by atoms with Gasteiger partial charge < -0.3 is 14.2 Å². The minimum Gasteiger partial charge on any atom is -0.383 e. The van der Waals surface area contributed by atoms with Crippen LogP contribution in [-0.4, -0.2) is 45.9 Å². The molecule has 0 aliphatic rings. The van der Waals surface area contributed by atoms with E-state index in [1.807, 2.05) is 67.3 Å². The van der Waals surface area contributed by atoms with E-state index in [-0.39, 0.29) is 11.2 Å². The molecule has 3 aromatic rings. The van der Waals surface area contributed by atoms with Crippen molar-refractivity contribution in [2.45, 2.75) is 37.3 Å². The largest absolute Gasteiger partial charge is 0.383 e. The molecule has 0 spiro atoms. The molecule has 154 valence electrons. The molecule has 29 heavy (non-hydrogen) atoms. The van der Waals surface area contributed by atoms with Crippen LogP contribution in [0.4, 0.5) is 0 Å². The summed E-state index contributed by atoms with van der Waals surface area (Å²) in [7, 11) is 1.68. The second kappa shape index (κ2) is 10.1. The molecule has 0 aliphatic carbocycles. The summed E-state index contributed by atoms with van der Waals surface area (Å²) in [6, 6.07) is 15.7. The minimum absolute atomic E-state index is 0.102. The number of imidazole rings is 1. The van der Waals surface area contributed by atoms with E-state index in [4.69, 9.17) is 21.3 Å². The Balaban J connectivity index is 1.80. The van der Waals surface area contributed by atoms with Crippen molar-refractivity contribution in [1.82, 2.24) is 14.5 Å². The molecule has 2 aromatic carbocycles. The molecule has 0 bridgehead atoms. The number of nitrogens with zero attached hydrogens (tertiary/aromatic N) is 3. The van der Waals surface area contributed by atoms with Crippen LogP contribution in [0.2, 0.25) is 5.02 Å². The van der Waals surface area contributed by atoms with Crippen LogP contribution in [0.1, 0.15) is 19.4 Å². The highest BCUT2D eigenvalue weighted by Crippen LogP contribution is 2.29. The molecule has 1 aromatic heterocycles. The van der Waals surface area contributed by atoms with Crippen molar-refractivity contribution < 1.29 is 9.53 Å². The van der Waals surface area contributed by atoms with E-state index in [0.717, 1.165) is 21.8 Å². The van der Waals surface area contributed by atoms with E-state index in [0.29, 0.717) is 31.3 Å². The summed E-state index contributed by atoms with van der Waals surface area (Å²) in [5.41, 5.74) is 2.94. The first-order valence-corrected chi connectivity index (χ1v) is 10.9. The van der Waals surface area contributed by atoms with Crippen molar-refractivity contribution in [2.24, 2.45) is 0 Å². The summed E-state index contributed by atoms with van der Waals surface area (Å²) in [6.45, 7) is 6.45. The fraction of sp³-hybridized carbons (Fsp3) is 0.364. The summed E-state index contributed by atoms with van der Waals surface area (Å²) in [4.78, 5) is 19.7. The third kappa shape index (κ3) is 5.32. The monoisotopic (exact) mass is 431 g/mol. The molecule has 0 N–H and O–H groups in total. The number of carbonyl (C=O) groups is 1. The molecule has 3 rings (SSSR count). The Labute approximate surface area is 181 Å². The first-order chi connectivity index (χ1) is 14.0. The Kier molecular flexibility index (Phi) is 7.58. The lowest BCUT2D eigenvalue weighted by Gasteiger charge is -2.24. The van der Waals surface area contributed by atoms with E-state index < -0.39 is 0 Å². The van der Waals surface area contributed by atoms with Gasteiger partial charge in [0, 0.05) is 31.8 Å². The topological polar surface area (TPSA) is 47.4 Å². The molecule has 1 amide bonds. The van der Waals surface area contributed by atoms with Crippen molar-refractivity contribution >= 4 is 40.3 Å². The molecule has 0 aliphatic heterocycles. The zero-order valence-electron chi connectivity index (χ0n) is 17.0. The van der Waals surface area contributed by atoms with E-state index in [2.05, 4.69) is 4.57 Å². The number of hydrogen-bond acceptors (Lipinski definition) is 4. The summed E-state index contributed by atoms with van der Waals surface area (Å²) in [6.07, 6.45) is 0. The quantitative estimate of drug-likeness (QED) is 0.453. The number of amides is 1. The maximum atomic E-state index is 13.1. The van der Waals surface area contributed by atoms with E-state index in [9.17, 15) is 4.79 Å². The Morgan fingerprint density at radius 1 is 1.28 bits per heavy atom. The maximum absolute atomic E-state index is 13.1. The van der Waals surface area contributed by atoms with Crippen LogP contribution in [0.25, 0.3) is 11.0 Å². The fourth-order valence-electron chi connectivity index (χ4n) is 3.18. The molecule has 1 unspecified atom stereocenters. The molecule has 5 nitrogen and oxygen atoms in total. The van der Waals surface area contributed by atoms with Crippen molar-refractivity contribution in [3.63, 3.8) is 0 Å². The smallest absolute Gasteiger partial charge is 0.236 e. The maximum Gasteiger partial charge on any atom is 0.236 e. The second-order valence-corrected chi connectivity index (χ2v) is 8.51. The average molecular weight is 432 g/mol. The summed E-state index contributed by atoms with van der Waals surface area (Å²) in [5.74, 6) is 0.102. The van der Waals surface area contributed by atoms with Gasteiger partial charge in [0.2, 0.25) is 5.91 Å². The molecule has 1 heterocycles. The zero-order chi connectivity index (χ0) is 20.8. The van der Waals surface area contributed by atoms with Gasteiger partial charge in [0.05, 0.1) is 22.9 Å². The van der Waals surface area contributed by atoms with Gasteiger partial charge in [-0.15, -0.1) is 0 Å². The summed E-state index contributed by atoms with van der Waals surface area (Å²) in [5, 5.41) is 1.19. The Morgan fingerprint density at radius 3 is 2.72 bits per heavy atom. The third-order valence-electron chi connectivity index (χ3n) is 4.73. The van der Waals surface area contributed by atoms with Gasteiger partial charge in [-0.05, 0) is 37.6 Å². The number of hydrogen-bond donors (Lipinski definition) is 0. The Morgan fingerprint density at radius 2 is 2.03 bits per heavy atom. The van der Waals surface area contributed by atoms with Gasteiger partial charge >= 0.3 is 0 Å². The molecule has 0 saturated heterocycles. The highest BCUT2D eigenvalue weighted by molar-refractivity contribution is 8.00. The van der Waals surface area contributed by atoms with Gasteiger partial charge in [-0.1, -0.05) is 53.7 Å². The van der Waals surface area contributed by atoms with Gasteiger partial charge in [0.25, 0.3) is 0 Å². The van der Waals surface area contributed by atoms with Crippen LogP contribution in [0.5, 0.6) is 0 Å². The number of carbonyl (C=O) groups excluding carboxylic acids is 1. The van der Waals surface area contributed by atoms with Gasteiger partial charge in [0.1, 0.15) is 0 Å². The highest BCUT2D eigenvalue weighted by Gasteiger charge is 2.23. The normalized spacial score (nSPS) is 12.3. The van der Waals surface area contributed by atoms with E-state index >= 15 is 0 Å². The fourth-order valence-corrected chi connectivity index (χ4v) is 4.38. The van der Waals surface area contributed by atoms with Gasteiger partial charge in [-0.25, -0.2) is 4.98 Å². The average Bonchev–Trinajstić information content (AvgIpc) is 3.06. The number of fused-ring (bicyclic) bond motifs is 1.